The van der Waals surface area contributed by atoms with Gasteiger partial charge in [-0.05, 0) is 54.1 Å². The molecule has 0 fully saturated rings. The SMILES string of the molecule is COc1ccc(-c2ccc3oc4ccc(=O)n(-c5ccc(NC(C)=O)cc5)c4c3c2)cn1. The van der Waals surface area contributed by atoms with Crippen molar-refractivity contribution in [2.24, 2.45) is 0 Å². The number of hydrogen-bond acceptors (Lipinski definition) is 5. The highest BCUT2D eigenvalue weighted by molar-refractivity contribution is 6.05. The fourth-order valence-electron chi connectivity index (χ4n) is 3.78. The Hall–Kier alpha value is -4.39. The molecule has 0 saturated heterocycles. The lowest BCUT2D eigenvalue weighted by molar-refractivity contribution is -0.114. The lowest BCUT2D eigenvalue weighted by Gasteiger charge is -2.09. The van der Waals surface area contributed by atoms with Crippen molar-refractivity contribution in [2.75, 3.05) is 12.4 Å². The van der Waals surface area contributed by atoms with Crippen LogP contribution in [0.1, 0.15) is 6.92 Å². The van der Waals surface area contributed by atoms with E-state index in [0.29, 0.717) is 33.9 Å². The van der Waals surface area contributed by atoms with Crippen molar-refractivity contribution in [3.8, 4) is 22.7 Å². The Kier molecular flexibility index (Phi) is 4.71. The quantitative estimate of drug-likeness (QED) is 0.448. The van der Waals surface area contributed by atoms with Gasteiger partial charge in [0.15, 0.2) is 5.58 Å². The van der Waals surface area contributed by atoms with Gasteiger partial charge in [0.25, 0.3) is 5.56 Å². The molecule has 3 aromatic heterocycles. The number of carbonyl (C=O) groups excluding carboxylic acids is 1. The maximum Gasteiger partial charge on any atom is 0.255 e. The van der Waals surface area contributed by atoms with Crippen molar-refractivity contribution in [1.82, 2.24) is 9.55 Å². The highest BCUT2D eigenvalue weighted by Gasteiger charge is 2.15. The maximum atomic E-state index is 12.9. The van der Waals surface area contributed by atoms with E-state index < -0.39 is 0 Å². The predicted molar refractivity (Wildman–Crippen MR) is 123 cm³/mol. The Morgan fingerprint density at radius 1 is 0.969 bits per heavy atom. The number of nitrogens with zero attached hydrogens (tertiary/aromatic N) is 2. The molecule has 0 spiro atoms. The number of benzene rings is 2. The van der Waals surface area contributed by atoms with Crippen LogP contribution in [0.4, 0.5) is 5.69 Å². The van der Waals surface area contributed by atoms with Crippen LogP contribution in [0.5, 0.6) is 5.88 Å². The summed E-state index contributed by atoms with van der Waals surface area (Å²) < 4.78 is 12.8. The molecule has 0 bridgehead atoms. The molecular formula is C25H19N3O4. The Bertz CT molecular complexity index is 1510. The third kappa shape index (κ3) is 3.39. The molecule has 32 heavy (non-hydrogen) atoms. The smallest absolute Gasteiger partial charge is 0.255 e. The summed E-state index contributed by atoms with van der Waals surface area (Å²) in [6, 6.07) is 19.9. The summed E-state index contributed by atoms with van der Waals surface area (Å²) >= 11 is 0. The molecule has 0 atom stereocenters. The molecule has 7 heteroatoms. The summed E-state index contributed by atoms with van der Waals surface area (Å²) in [6.45, 7) is 1.45. The number of amides is 1. The number of hydrogen-bond donors (Lipinski definition) is 1. The van der Waals surface area contributed by atoms with Gasteiger partial charge >= 0.3 is 0 Å². The lowest BCUT2D eigenvalue weighted by atomic mass is 10.1. The van der Waals surface area contributed by atoms with Gasteiger partial charge in [0.2, 0.25) is 11.8 Å². The van der Waals surface area contributed by atoms with Crippen molar-refractivity contribution < 1.29 is 13.9 Å². The van der Waals surface area contributed by atoms with Crippen molar-refractivity contribution in [3.05, 3.63) is 83.3 Å². The van der Waals surface area contributed by atoms with Crippen LogP contribution in [0, 0.1) is 0 Å². The first kappa shape index (κ1) is 19.6. The summed E-state index contributed by atoms with van der Waals surface area (Å²) in [6.07, 6.45) is 1.75. The molecule has 0 unspecified atom stereocenters. The molecule has 5 aromatic rings. The van der Waals surface area contributed by atoms with Gasteiger partial charge in [0.1, 0.15) is 11.1 Å². The Labute approximate surface area is 182 Å². The summed E-state index contributed by atoms with van der Waals surface area (Å²) in [4.78, 5) is 28.5. The molecule has 1 N–H and O–H groups in total. The summed E-state index contributed by atoms with van der Waals surface area (Å²) in [5.74, 6) is 0.388. The van der Waals surface area contributed by atoms with Gasteiger partial charge in [-0.25, -0.2) is 4.98 Å². The van der Waals surface area contributed by atoms with Crippen LogP contribution in [0.2, 0.25) is 0 Å². The minimum atomic E-state index is -0.177. The molecule has 0 radical (unpaired) electrons. The number of fused-ring (bicyclic) bond motifs is 3. The van der Waals surface area contributed by atoms with Gasteiger partial charge in [-0.3, -0.25) is 14.2 Å². The van der Waals surface area contributed by atoms with Crippen molar-refractivity contribution in [1.29, 1.82) is 0 Å². The van der Waals surface area contributed by atoms with Gasteiger partial charge in [-0.15, -0.1) is 0 Å². The molecule has 158 valence electrons. The van der Waals surface area contributed by atoms with E-state index in [1.165, 1.54) is 13.0 Å². The average molecular weight is 425 g/mol. The number of ether oxygens (including phenoxy) is 1. The van der Waals surface area contributed by atoms with E-state index in [9.17, 15) is 9.59 Å². The summed E-state index contributed by atoms with van der Waals surface area (Å²) in [5.41, 5.74) is 4.99. The molecular weight excluding hydrogens is 406 g/mol. The van der Waals surface area contributed by atoms with E-state index in [1.54, 1.807) is 54.3 Å². The third-order valence-corrected chi connectivity index (χ3v) is 5.23. The highest BCUT2D eigenvalue weighted by atomic mass is 16.5. The highest BCUT2D eigenvalue weighted by Crippen LogP contribution is 2.33. The van der Waals surface area contributed by atoms with E-state index in [1.807, 2.05) is 24.3 Å². The number of nitrogens with one attached hydrogen (secondary N) is 1. The van der Waals surface area contributed by atoms with Crippen LogP contribution in [0.15, 0.2) is 82.1 Å². The zero-order valence-corrected chi connectivity index (χ0v) is 17.5. The predicted octanol–water partition coefficient (Wildman–Crippen LogP) is 4.77. The van der Waals surface area contributed by atoms with Gasteiger partial charge in [-0.2, -0.15) is 0 Å². The molecule has 3 heterocycles. The van der Waals surface area contributed by atoms with Crippen molar-refractivity contribution in [3.63, 3.8) is 0 Å². The second kappa shape index (κ2) is 7.70. The number of carbonyl (C=O) groups is 1. The second-order valence-corrected chi connectivity index (χ2v) is 7.35. The second-order valence-electron chi connectivity index (χ2n) is 7.35. The van der Waals surface area contributed by atoms with Crippen LogP contribution in [0.3, 0.4) is 0 Å². The Morgan fingerprint density at radius 3 is 2.41 bits per heavy atom. The normalized spacial score (nSPS) is 11.1. The minimum absolute atomic E-state index is 0.154. The van der Waals surface area contributed by atoms with Crippen LogP contribution in [-0.2, 0) is 4.79 Å². The number of rotatable bonds is 4. The molecule has 0 saturated carbocycles. The molecule has 7 nitrogen and oxygen atoms in total. The Morgan fingerprint density at radius 2 is 1.72 bits per heavy atom. The summed E-state index contributed by atoms with van der Waals surface area (Å²) in [5, 5.41) is 3.55. The van der Waals surface area contributed by atoms with E-state index in [2.05, 4.69) is 10.3 Å². The number of furan rings is 1. The number of pyridine rings is 2. The van der Waals surface area contributed by atoms with Crippen LogP contribution in [0.25, 0.3) is 38.9 Å². The summed E-state index contributed by atoms with van der Waals surface area (Å²) in [7, 11) is 1.58. The van der Waals surface area contributed by atoms with Crippen LogP contribution >= 0.6 is 0 Å². The van der Waals surface area contributed by atoms with E-state index in [-0.39, 0.29) is 11.5 Å². The average Bonchev–Trinajstić information content (AvgIpc) is 3.17. The van der Waals surface area contributed by atoms with E-state index in [0.717, 1.165) is 16.5 Å². The third-order valence-electron chi connectivity index (χ3n) is 5.23. The van der Waals surface area contributed by atoms with E-state index in [4.69, 9.17) is 9.15 Å². The zero-order chi connectivity index (χ0) is 22.2. The van der Waals surface area contributed by atoms with Gasteiger partial charge < -0.3 is 14.5 Å². The number of anilines is 1. The zero-order valence-electron chi connectivity index (χ0n) is 17.5. The molecule has 1 amide bonds. The van der Waals surface area contributed by atoms with Gasteiger partial charge in [0.05, 0.1) is 7.11 Å². The maximum absolute atomic E-state index is 12.9. The molecule has 0 aliphatic carbocycles. The standard InChI is InChI=1S/C25H19N3O4/c1-15(29)27-18-5-7-19(8-6-18)28-24(30)12-10-22-25(28)20-13-16(3-9-21(20)32-22)17-4-11-23(31-2)26-14-17/h3-14H,1-2H3,(H,27,29). The van der Waals surface area contributed by atoms with Gasteiger partial charge in [-0.1, -0.05) is 6.07 Å². The first-order valence-corrected chi connectivity index (χ1v) is 10.0. The largest absolute Gasteiger partial charge is 0.481 e. The van der Waals surface area contributed by atoms with Crippen molar-refractivity contribution >= 4 is 33.7 Å². The first-order valence-electron chi connectivity index (χ1n) is 10.0. The molecule has 2 aromatic carbocycles. The molecule has 0 aliphatic heterocycles. The van der Waals surface area contributed by atoms with Crippen molar-refractivity contribution in [2.45, 2.75) is 6.92 Å². The first-order chi connectivity index (χ1) is 15.5. The Balaban J connectivity index is 1.69. The van der Waals surface area contributed by atoms with Crippen LogP contribution in [-0.4, -0.2) is 22.6 Å². The lowest BCUT2D eigenvalue weighted by Crippen LogP contribution is -2.17. The van der Waals surface area contributed by atoms with E-state index >= 15 is 0 Å². The van der Waals surface area contributed by atoms with Gasteiger partial charge in [0, 0.05) is 47.6 Å². The topological polar surface area (TPSA) is 86.4 Å². The molecule has 5 rings (SSSR count). The van der Waals surface area contributed by atoms with Crippen LogP contribution < -0.4 is 15.6 Å². The number of aromatic nitrogens is 2. The fraction of sp³-hybridized carbons (Fsp3) is 0.0800. The fourth-order valence-corrected chi connectivity index (χ4v) is 3.78. The molecule has 0 aliphatic rings. The number of methoxy groups -OCH3 is 1. The monoisotopic (exact) mass is 425 g/mol. The minimum Gasteiger partial charge on any atom is -0.481 e.